The number of hydrogen-bond donors (Lipinski definition) is 2. The van der Waals surface area contributed by atoms with Gasteiger partial charge in [-0.25, -0.2) is 14.8 Å². The smallest absolute Gasteiger partial charge is 0.338 e. The van der Waals surface area contributed by atoms with Crippen LogP contribution in [0.5, 0.6) is 0 Å². The summed E-state index contributed by atoms with van der Waals surface area (Å²) in [5, 5.41) is 5.53. The molecule has 0 bridgehead atoms. The Morgan fingerprint density at radius 3 is 2.81 bits per heavy atom. The molecule has 1 saturated carbocycles. The van der Waals surface area contributed by atoms with Gasteiger partial charge in [-0.15, -0.1) is 0 Å². The molecule has 8 heteroatoms. The number of nitrogens with zero attached hydrogens (tertiary/aromatic N) is 3. The van der Waals surface area contributed by atoms with Crippen LogP contribution in [0.4, 0.5) is 5.82 Å². The standard InChI is InChI=1S/C23H29N5O3/c1-2-31-23(29)15-3-8-19-18(13-15)20-21(24-14-25-22(20)27-19)26-16-4-6-17(7-5-16)28-9-11-30-12-10-28/h3,8,13-14,16-17H,2,4-7,9-12H2,1H3,(H2,24,25,26,27). The molecule has 2 fully saturated rings. The summed E-state index contributed by atoms with van der Waals surface area (Å²) in [6.45, 7) is 5.97. The fourth-order valence-electron chi connectivity index (χ4n) is 4.90. The fourth-order valence-corrected chi connectivity index (χ4v) is 4.90. The highest BCUT2D eigenvalue weighted by Crippen LogP contribution is 2.32. The Bertz CT molecular complexity index is 1070. The third-order valence-electron chi connectivity index (χ3n) is 6.50. The first-order valence-corrected chi connectivity index (χ1v) is 11.2. The van der Waals surface area contributed by atoms with E-state index in [1.54, 1.807) is 12.4 Å². The van der Waals surface area contributed by atoms with Gasteiger partial charge in [0.25, 0.3) is 0 Å². The first-order chi connectivity index (χ1) is 15.2. The number of hydrogen-bond acceptors (Lipinski definition) is 7. The van der Waals surface area contributed by atoms with Crippen molar-refractivity contribution in [2.24, 2.45) is 0 Å². The van der Waals surface area contributed by atoms with Gasteiger partial charge in [-0.1, -0.05) is 0 Å². The van der Waals surface area contributed by atoms with Crippen molar-refractivity contribution >= 4 is 33.7 Å². The molecule has 164 valence electrons. The summed E-state index contributed by atoms with van der Waals surface area (Å²) in [5.41, 5.74) is 2.24. The molecule has 0 radical (unpaired) electrons. The Morgan fingerprint density at radius 1 is 1.23 bits per heavy atom. The van der Waals surface area contributed by atoms with E-state index in [1.165, 1.54) is 12.8 Å². The highest BCUT2D eigenvalue weighted by Gasteiger charge is 2.27. The number of morpholine rings is 1. The molecule has 1 aliphatic carbocycles. The summed E-state index contributed by atoms with van der Waals surface area (Å²) >= 11 is 0. The van der Waals surface area contributed by atoms with Crippen molar-refractivity contribution in [1.29, 1.82) is 0 Å². The number of aromatic amines is 1. The molecular weight excluding hydrogens is 394 g/mol. The summed E-state index contributed by atoms with van der Waals surface area (Å²) in [4.78, 5) is 27.1. The van der Waals surface area contributed by atoms with Crippen molar-refractivity contribution < 1.29 is 14.3 Å². The maximum absolute atomic E-state index is 12.2. The number of esters is 1. The number of carbonyl (C=O) groups excluding carboxylic acids is 1. The second-order valence-corrected chi connectivity index (χ2v) is 8.35. The van der Waals surface area contributed by atoms with E-state index in [0.29, 0.717) is 24.3 Å². The van der Waals surface area contributed by atoms with E-state index in [9.17, 15) is 4.79 Å². The summed E-state index contributed by atoms with van der Waals surface area (Å²) in [5.74, 6) is 0.513. The third kappa shape index (κ3) is 4.09. The SMILES string of the molecule is CCOC(=O)c1ccc2[nH]c3ncnc(NC4CCC(N5CCOCC5)CC4)c3c2c1. The van der Waals surface area contributed by atoms with Gasteiger partial charge in [0.1, 0.15) is 17.8 Å². The fraction of sp³-hybridized carbons (Fsp3) is 0.522. The topological polar surface area (TPSA) is 92.4 Å². The van der Waals surface area contributed by atoms with E-state index in [1.807, 2.05) is 19.1 Å². The van der Waals surface area contributed by atoms with Crippen molar-refractivity contribution in [3.8, 4) is 0 Å². The highest BCUT2D eigenvalue weighted by atomic mass is 16.5. The molecule has 8 nitrogen and oxygen atoms in total. The summed E-state index contributed by atoms with van der Waals surface area (Å²) < 4.78 is 10.7. The number of fused-ring (bicyclic) bond motifs is 3. The Hall–Kier alpha value is -2.71. The van der Waals surface area contributed by atoms with Crippen LogP contribution >= 0.6 is 0 Å². The lowest BCUT2D eigenvalue weighted by atomic mass is 9.90. The largest absolute Gasteiger partial charge is 0.462 e. The van der Waals surface area contributed by atoms with Gasteiger partial charge in [0.15, 0.2) is 0 Å². The van der Waals surface area contributed by atoms with Crippen LogP contribution in [0.1, 0.15) is 43.0 Å². The molecule has 2 aliphatic rings. The molecular formula is C23H29N5O3. The van der Waals surface area contributed by atoms with Gasteiger partial charge in [0, 0.05) is 36.1 Å². The van der Waals surface area contributed by atoms with Gasteiger partial charge in [0.05, 0.1) is 30.8 Å². The van der Waals surface area contributed by atoms with Crippen LogP contribution in [-0.2, 0) is 9.47 Å². The van der Waals surface area contributed by atoms with Crippen molar-refractivity contribution in [1.82, 2.24) is 19.9 Å². The van der Waals surface area contributed by atoms with E-state index in [4.69, 9.17) is 9.47 Å². The van der Waals surface area contributed by atoms with Gasteiger partial charge in [-0.3, -0.25) is 4.90 Å². The van der Waals surface area contributed by atoms with Crippen LogP contribution in [0.3, 0.4) is 0 Å². The molecule has 0 spiro atoms. The lowest BCUT2D eigenvalue weighted by Gasteiger charge is -2.39. The van der Waals surface area contributed by atoms with Crippen LogP contribution < -0.4 is 5.32 Å². The summed E-state index contributed by atoms with van der Waals surface area (Å²) in [6.07, 6.45) is 6.19. The minimum Gasteiger partial charge on any atom is -0.462 e. The molecule has 2 N–H and O–H groups in total. The second-order valence-electron chi connectivity index (χ2n) is 8.35. The third-order valence-corrected chi connectivity index (χ3v) is 6.50. The molecule has 0 amide bonds. The number of benzene rings is 1. The Morgan fingerprint density at radius 2 is 2.03 bits per heavy atom. The maximum atomic E-state index is 12.2. The molecule has 1 aliphatic heterocycles. The molecule has 1 saturated heterocycles. The Labute approximate surface area is 181 Å². The number of carbonyl (C=O) groups is 1. The van der Waals surface area contributed by atoms with Crippen molar-refractivity contribution in [3.05, 3.63) is 30.1 Å². The Kier molecular flexibility index (Phi) is 5.74. The van der Waals surface area contributed by atoms with E-state index >= 15 is 0 Å². The molecule has 0 atom stereocenters. The first kappa shape index (κ1) is 20.2. The highest BCUT2D eigenvalue weighted by molar-refractivity contribution is 6.12. The maximum Gasteiger partial charge on any atom is 0.338 e. The van der Waals surface area contributed by atoms with Gasteiger partial charge >= 0.3 is 5.97 Å². The van der Waals surface area contributed by atoms with Crippen LogP contribution in [-0.4, -0.2) is 70.8 Å². The molecule has 3 heterocycles. The van der Waals surface area contributed by atoms with Gasteiger partial charge < -0.3 is 19.8 Å². The number of nitrogens with one attached hydrogen (secondary N) is 2. The van der Waals surface area contributed by atoms with Crippen LogP contribution in [0.15, 0.2) is 24.5 Å². The van der Waals surface area contributed by atoms with E-state index < -0.39 is 0 Å². The number of aromatic nitrogens is 3. The normalized spacial score (nSPS) is 22.6. The van der Waals surface area contributed by atoms with Crippen LogP contribution in [0, 0.1) is 0 Å². The summed E-state index contributed by atoms with van der Waals surface area (Å²) in [6, 6.07) is 6.60. The van der Waals surface area contributed by atoms with Crippen molar-refractivity contribution in [3.63, 3.8) is 0 Å². The van der Waals surface area contributed by atoms with Crippen molar-refractivity contribution in [2.45, 2.75) is 44.7 Å². The molecule has 2 aromatic heterocycles. The minimum atomic E-state index is -0.313. The lowest BCUT2D eigenvalue weighted by Crippen LogP contribution is -2.46. The molecule has 31 heavy (non-hydrogen) atoms. The summed E-state index contributed by atoms with van der Waals surface area (Å²) in [7, 11) is 0. The molecule has 1 aromatic carbocycles. The van der Waals surface area contributed by atoms with Gasteiger partial charge in [-0.2, -0.15) is 0 Å². The monoisotopic (exact) mass is 423 g/mol. The second kappa shape index (κ2) is 8.80. The van der Waals surface area contributed by atoms with E-state index in [-0.39, 0.29) is 5.97 Å². The Balaban J connectivity index is 1.36. The number of anilines is 1. The average molecular weight is 424 g/mol. The number of H-pyrrole nitrogens is 1. The molecule has 3 aromatic rings. The van der Waals surface area contributed by atoms with Crippen molar-refractivity contribution in [2.75, 3.05) is 38.2 Å². The van der Waals surface area contributed by atoms with Gasteiger partial charge in [-0.05, 0) is 50.8 Å². The van der Waals surface area contributed by atoms with Crippen LogP contribution in [0.2, 0.25) is 0 Å². The number of ether oxygens (including phenoxy) is 2. The first-order valence-electron chi connectivity index (χ1n) is 11.2. The molecule has 0 unspecified atom stereocenters. The van der Waals surface area contributed by atoms with Crippen LogP contribution in [0.25, 0.3) is 21.9 Å². The van der Waals surface area contributed by atoms with Gasteiger partial charge in [0.2, 0.25) is 0 Å². The lowest BCUT2D eigenvalue weighted by molar-refractivity contribution is 0.00791. The zero-order valence-electron chi connectivity index (χ0n) is 17.9. The predicted octanol–water partition coefficient (Wildman–Crippen LogP) is 3.34. The quantitative estimate of drug-likeness (QED) is 0.608. The van der Waals surface area contributed by atoms with E-state index in [0.717, 1.165) is 66.9 Å². The average Bonchev–Trinajstić information content (AvgIpc) is 3.19. The number of rotatable bonds is 5. The minimum absolute atomic E-state index is 0.313. The predicted molar refractivity (Wildman–Crippen MR) is 119 cm³/mol. The van der Waals surface area contributed by atoms with E-state index in [2.05, 4.69) is 25.2 Å². The molecule has 5 rings (SSSR count). The zero-order chi connectivity index (χ0) is 21.2. The zero-order valence-corrected chi connectivity index (χ0v) is 17.9.